The molecule has 1 aromatic rings. The first-order valence-electron chi connectivity index (χ1n) is 5.26. The number of aromatic nitrogens is 1. The Bertz CT molecular complexity index is 320. The standard InChI is InChI=1S/C11H15N3O/c15-11(10-2-1-5-13-10)14-8-9-3-6-12-7-4-9/h3-4,6-7,10,13H,1-2,5,8H2,(H,14,15)/t10-/m0/s1. The van der Waals surface area contributed by atoms with Crippen molar-refractivity contribution in [3.63, 3.8) is 0 Å². The maximum Gasteiger partial charge on any atom is 0.237 e. The highest BCUT2D eigenvalue weighted by molar-refractivity contribution is 5.81. The minimum Gasteiger partial charge on any atom is -0.351 e. The first-order chi connectivity index (χ1) is 7.36. The Morgan fingerprint density at radius 2 is 2.33 bits per heavy atom. The quantitative estimate of drug-likeness (QED) is 0.753. The molecule has 1 saturated heterocycles. The van der Waals surface area contributed by atoms with Crippen molar-refractivity contribution in [2.45, 2.75) is 25.4 Å². The Labute approximate surface area is 89.1 Å². The number of carbonyl (C=O) groups is 1. The molecule has 0 aromatic carbocycles. The fourth-order valence-electron chi connectivity index (χ4n) is 1.72. The molecule has 1 aliphatic heterocycles. The van der Waals surface area contributed by atoms with Crippen molar-refractivity contribution < 1.29 is 4.79 Å². The van der Waals surface area contributed by atoms with Gasteiger partial charge in [0.2, 0.25) is 5.91 Å². The van der Waals surface area contributed by atoms with Crippen LogP contribution in [-0.2, 0) is 11.3 Å². The molecule has 0 spiro atoms. The number of pyridine rings is 1. The molecule has 0 bridgehead atoms. The highest BCUT2D eigenvalue weighted by Gasteiger charge is 2.21. The number of nitrogens with zero attached hydrogens (tertiary/aromatic N) is 1. The van der Waals surface area contributed by atoms with Gasteiger partial charge in [0.1, 0.15) is 0 Å². The van der Waals surface area contributed by atoms with Crippen LogP contribution in [0, 0.1) is 0 Å². The fourth-order valence-corrected chi connectivity index (χ4v) is 1.72. The van der Waals surface area contributed by atoms with Crippen LogP contribution in [0.25, 0.3) is 0 Å². The van der Waals surface area contributed by atoms with E-state index in [-0.39, 0.29) is 11.9 Å². The lowest BCUT2D eigenvalue weighted by Gasteiger charge is -2.10. The van der Waals surface area contributed by atoms with Gasteiger partial charge in [-0.2, -0.15) is 0 Å². The third-order valence-electron chi connectivity index (χ3n) is 2.59. The summed E-state index contributed by atoms with van der Waals surface area (Å²) in [6, 6.07) is 3.82. The van der Waals surface area contributed by atoms with Crippen molar-refractivity contribution in [1.82, 2.24) is 15.6 Å². The first-order valence-corrected chi connectivity index (χ1v) is 5.26. The van der Waals surface area contributed by atoms with Crippen molar-refractivity contribution in [1.29, 1.82) is 0 Å². The van der Waals surface area contributed by atoms with Crippen LogP contribution < -0.4 is 10.6 Å². The van der Waals surface area contributed by atoms with Gasteiger partial charge < -0.3 is 10.6 Å². The molecule has 0 aliphatic carbocycles. The molecule has 2 N–H and O–H groups in total. The van der Waals surface area contributed by atoms with E-state index in [1.807, 2.05) is 12.1 Å². The second-order valence-electron chi connectivity index (χ2n) is 3.72. The Morgan fingerprint density at radius 1 is 1.53 bits per heavy atom. The third kappa shape index (κ3) is 2.76. The Hall–Kier alpha value is -1.42. The van der Waals surface area contributed by atoms with Gasteiger partial charge in [0, 0.05) is 18.9 Å². The van der Waals surface area contributed by atoms with Crippen LogP contribution in [0.2, 0.25) is 0 Å². The van der Waals surface area contributed by atoms with Crippen molar-refractivity contribution >= 4 is 5.91 Å². The van der Waals surface area contributed by atoms with Gasteiger partial charge in [-0.05, 0) is 37.1 Å². The van der Waals surface area contributed by atoms with Gasteiger partial charge in [-0.15, -0.1) is 0 Å². The summed E-state index contributed by atoms with van der Waals surface area (Å²) >= 11 is 0. The van der Waals surface area contributed by atoms with Gasteiger partial charge >= 0.3 is 0 Å². The van der Waals surface area contributed by atoms with Gasteiger partial charge in [0.05, 0.1) is 6.04 Å². The lowest BCUT2D eigenvalue weighted by Crippen LogP contribution is -2.39. The van der Waals surface area contributed by atoms with Gasteiger partial charge in [0.15, 0.2) is 0 Å². The van der Waals surface area contributed by atoms with Crippen LogP contribution in [0.3, 0.4) is 0 Å². The smallest absolute Gasteiger partial charge is 0.237 e. The summed E-state index contributed by atoms with van der Waals surface area (Å²) in [4.78, 5) is 15.6. The average molecular weight is 205 g/mol. The Balaban J connectivity index is 1.80. The number of carbonyl (C=O) groups excluding carboxylic acids is 1. The molecule has 2 heterocycles. The summed E-state index contributed by atoms with van der Waals surface area (Å²) in [5.74, 6) is 0.101. The summed E-state index contributed by atoms with van der Waals surface area (Å²) in [6.45, 7) is 1.53. The highest BCUT2D eigenvalue weighted by atomic mass is 16.2. The predicted molar refractivity (Wildman–Crippen MR) is 57.1 cm³/mol. The third-order valence-corrected chi connectivity index (χ3v) is 2.59. The zero-order valence-electron chi connectivity index (χ0n) is 8.57. The predicted octanol–water partition coefficient (Wildman–Crippen LogP) is 0.450. The van der Waals surface area contributed by atoms with E-state index in [0.29, 0.717) is 6.54 Å². The van der Waals surface area contributed by atoms with E-state index in [1.54, 1.807) is 12.4 Å². The van der Waals surface area contributed by atoms with Gasteiger partial charge in [-0.1, -0.05) is 0 Å². The van der Waals surface area contributed by atoms with Gasteiger partial charge in [0.25, 0.3) is 0 Å². The second-order valence-corrected chi connectivity index (χ2v) is 3.72. The minimum absolute atomic E-state index is 0.00633. The second kappa shape index (κ2) is 4.89. The van der Waals surface area contributed by atoms with Crippen molar-refractivity contribution in [3.8, 4) is 0 Å². The van der Waals surface area contributed by atoms with Crippen LogP contribution in [0.1, 0.15) is 18.4 Å². The monoisotopic (exact) mass is 205 g/mol. The van der Waals surface area contributed by atoms with E-state index in [4.69, 9.17) is 0 Å². The van der Waals surface area contributed by atoms with E-state index in [2.05, 4.69) is 15.6 Å². The number of hydrogen-bond acceptors (Lipinski definition) is 3. The van der Waals surface area contributed by atoms with Crippen molar-refractivity contribution in [2.24, 2.45) is 0 Å². The highest BCUT2D eigenvalue weighted by Crippen LogP contribution is 2.05. The number of rotatable bonds is 3. The Morgan fingerprint density at radius 3 is 3.00 bits per heavy atom. The zero-order valence-corrected chi connectivity index (χ0v) is 8.57. The van der Waals surface area contributed by atoms with Crippen LogP contribution in [0.5, 0.6) is 0 Å². The van der Waals surface area contributed by atoms with Crippen LogP contribution in [0.4, 0.5) is 0 Å². The van der Waals surface area contributed by atoms with Crippen LogP contribution >= 0.6 is 0 Å². The molecule has 4 nitrogen and oxygen atoms in total. The number of nitrogens with one attached hydrogen (secondary N) is 2. The van der Waals surface area contributed by atoms with Gasteiger partial charge in [-0.25, -0.2) is 0 Å². The lowest BCUT2D eigenvalue weighted by atomic mass is 10.2. The zero-order chi connectivity index (χ0) is 10.5. The lowest BCUT2D eigenvalue weighted by molar-refractivity contribution is -0.122. The molecule has 80 valence electrons. The molecule has 15 heavy (non-hydrogen) atoms. The molecule has 1 aliphatic rings. The molecule has 1 aromatic heterocycles. The van der Waals surface area contributed by atoms with Crippen LogP contribution in [-0.4, -0.2) is 23.5 Å². The molecule has 2 rings (SSSR count). The summed E-state index contributed by atoms with van der Waals surface area (Å²) in [6.07, 6.45) is 5.50. The van der Waals surface area contributed by atoms with Gasteiger partial charge in [-0.3, -0.25) is 9.78 Å². The van der Waals surface area contributed by atoms with E-state index in [9.17, 15) is 4.79 Å². The van der Waals surface area contributed by atoms with E-state index in [0.717, 1.165) is 24.9 Å². The molecule has 0 saturated carbocycles. The molecule has 1 fully saturated rings. The van der Waals surface area contributed by atoms with E-state index < -0.39 is 0 Å². The van der Waals surface area contributed by atoms with E-state index >= 15 is 0 Å². The summed E-state index contributed by atoms with van der Waals surface area (Å²) < 4.78 is 0. The fraction of sp³-hybridized carbons (Fsp3) is 0.455. The summed E-state index contributed by atoms with van der Waals surface area (Å²) in [5, 5.41) is 6.08. The van der Waals surface area contributed by atoms with Crippen molar-refractivity contribution in [3.05, 3.63) is 30.1 Å². The molecular weight excluding hydrogens is 190 g/mol. The number of hydrogen-bond donors (Lipinski definition) is 2. The van der Waals surface area contributed by atoms with E-state index in [1.165, 1.54) is 0 Å². The normalized spacial score (nSPS) is 20.1. The molecule has 1 atom stereocenters. The molecular formula is C11H15N3O. The van der Waals surface area contributed by atoms with Crippen molar-refractivity contribution in [2.75, 3.05) is 6.54 Å². The largest absolute Gasteiger partial charge is 0.351 e. The first kappa shape index (κ1) is 10.1. The summed E-state index contributed by atoms with van der Waals surface area (Å²) in [5.41, 5.74) is 1.08. The molecule has 4 heteroatoms. The molecule has 0 radical (unpaired) electrons. The SMILES string of the molecule is O=C(NCc1ccncc1)[C@@H]1CCCN1. The molecule has 1 amide bonds. The summed E-state index contributed by atoms with van der Waals surface area (Å²) in [7, 11) is 0. The maximum absolute atomic E-state index is 11.6. The molecule has 0 unspecified atom stereocenters. The van der Waals surface area contributed by atoms with Crippen LogP contribution in [0.15, 0.2) is 24.5 Å². The Kier molecular flexibility index (Phi) is 3.29. The maximum atomic E-state index is 11.6. The topological polar surface area (TPSA) is 54.0 Å². The average Bonchev–Trinajstić information content (AvgIpc) is 2.81. The number of amides is 1. The minimum atomic E-state index is 0.00633.